The smallest absolute Gasteiger partial charge is 0.148 e. The number of hydrogen-bond donors (Lipinski definition) is 1. The standard InChI is InChI=1S/C10H14F2N2/c1-10(2,3-4-13)9-7(11)5-14-6-8(9)12/h5-6H,3-4,13H2,1-2H3. The molecule has 2 nitrogen and oxygen atoms in total. The molecule has 0 aliphatic carbocycles. The molecule has 0 atom stereocenters. The molecule has 0 aromatic carbocycles. The van der Waals surface area contributed by atoms with Gasteiger partial charge in [-0.05, 0) is 18.4 Å². The minimum Gasteiger partial charge on any atom is -0.330 e. The first-order chi connectivity index (χ1) is 6.49. The molecule has 0 fully saturated rings. The van der Waals surface area contributed by atoms with Crippen molar-refractivity contribution in [2.24, 2.45) is 5.73 Å². The van der Waals surface area contributed by atoms with Gasteiger partial charge in [0.2, 0.25) is 0 Å². The lowest BCUT2D eigenvalue weighted by molar-refractivity contribution is 0.422. The van der Waals surface area contributed by atoms with Gasteiger partial charge < -0.3 is 5.73 Å². The normalized spacial score (nSPS) is 11.8. The van der Waals surface area contributed by atoms with Crippen LogP contribution in [0.4, 0.5) is 8.78 Å². The zero-order chi connectivity index (χ0) is 10.8. The molecule has 1 aromatic heterocycles. The Morgan fingerprint density at radius 2 is 1.79 bits per heavy atom. The van der Waals surface area contributed by atoms with E-state index in [9.17, 15) is 8.78 Å². The largest absolute Gasteiger partial charge is 0.330 e. The van der Waals surface area contributed by atoms with Crippen molar-refractivity contribution in [1.82, 2.24) is 4.98 Å². The van der Waals surface area contributed by atoms with E-state index in [1.807, 2.05) is 0 Å². The molecule has 1 rings (SSSR count). The summed E-state index contributed by atoms with van der Waals surface area (Å²) in [5, 5.41) is 0. The number of rotatable bonds is 3. The Morgan fingerprint density at radius 3 is 2.21 bits per heavy atom. The van der Waals surface area contributed by atoms with Crippen LogP contribution in [0, 0.1) is 11.6 Å². The Bertz CT molecular complexity index is 304. The summed E-state index contributed by atoms with van der Waals surface area (Å²) in [5.74, 6) is -1.22. The SMILES string of the molecule is CC(C)(CCN)c1c(F)cncc1F. The van der Waals surface area contributed by atoms with Gasteiger partial charge >= 0.3 is 0 Å². The van der Waals surface area contributed by atoms with E-state index in [1.54, 1.807) is 13.8 Å². The summed E-state index contributed by atoms with van der Waals surface area (Å²) in [6.07, 6.45) is 2.58. The van der Waals surface area contributed by atoms with Gasteiger partial charge in [0.25, 0.3) is 0 Å². The maximum atomic E-state index is 13.3. The number of hydrogen-bond acceptors (Lipinski definition) is 2. The first-order valence-corrected chi connectivity index (χ1v) is 4.48. The van der Waals surface area contributed by atoms with Gasteiger partial charge in [0.1, 0.15) is 11.6 Å². The summed E-state index contributed by atoms with van der Waals surface area (Å²) in [4.78, 5) is 3.44. The molecule has 0 amide bonds. The van der Waals surface area contributed by atoms with Crippen LogP contribution in [-0.2, 0) is 5.41 Å². The molecule has 4 heteroatoms. The lowest BCUT2D eigenvalue weighted by Gasteiger charge is -2.25. The number of halogens is 2. The number of pyridine rings is 1. The maximum absolute atomic E-state index is 13.3. The van der Waals surface area contributed by atoms with Gasteiger partial charge in [0.15, 0.2) is 0 Å². The average Bonchev–Trinajstić information content (AvgIpc) is 2.02. The highest BCUT2D eigenvalue weighted by Crippen LogP contribution is 2.30. The number of nitrogens with zero attached hydrogens (tertiary/aromatic N) is 1. The van der Waals surface area contributed by atoms with E-state index in [-0.39, 0.29) is 5.56 Å². The fourth-order valence-corrected chi connectivity index (χ4v) is 1.54. The lowest BCUT2D eigenvalue weighted by Crippen LogP contribution is -2.24. The molecule has 2 N–H and O–H groups in total. The third-order valence-electron chi connectivity index (χ3n) is 2.30. The van der Waals surface area contributed by atoms with Crippen molar-refractivity contribution in [3.05, 3.63) is 29.6 Å². The van der Waals surface area contributed by atoms with E-state index in [1.165, 1.54) is 0 Å². The third kappa shape index (κ3) is 2.07. The molecule has 1 aromatic rings. The maximum Gasteiger partial charge on any atom is 0.148 e. The van der Waals surface area contributed by atoms with Gasteiger partial charge in [-0.15, -0.1) is 0 Å². The van der Waals surface area contributed by atoms with Crippen LogP contribution in [0.5, 0.6) is 0 Å². The predicted molar refractivity (Wildman–Crippen MR) is 50.9 cm³/mol. The summed E-state index contributed by atoms with van der Waals surface area (Å²) >= 11 is 0. The van der Waals surface area contributed by atoms with Crippen molar-refractivity contribution >= 4 is 0 Å². The van der Waals surface area contributed by atoms with Gasteiger partial charge in [0.05, 0.1) is 12.4 Å². The molecule has 0 spiro atoms. The Hall–Kier alpha value is -1.03. The fraction of sp³-hybridized carbons (Fsp3) is 0.500. The minimum atomic E-state index is -0.608. The molecule has 14 heavy (non-hydrogen) atoms. The Morgan fingerprint density at radius 1 is 1.29 bits per heavy atom. The number of nitrogens with two attached hydrogens (primary N) is 1. The highest BCUT2D eigenvalue weighted by atomic mass is 19.1. The second-order valence-electron chi connectivity index (χ2n) is 3.90. The van der Waals surface area contributed by atoms with E-state index < -0.39 is 17.0 Å². The lowest BCUT2D eigenvalue weighted by atomic mass is 9.81. The quantitative estimate of drug-likeness (QED) is 0.810. The summed E-state index contributed by atoms with van der Waals surface area (Å²) in [6, 6.07) is 0. The van der Waals surface area contributed by atoms with Crippen LogP contribution in [-0.4, -0.2) is 11.5 Å². The Balaban J connectivity index is 3.17. The van der Waals surface area contributed by atoms with Crippen molar-refractivity contribution in [3.8, 4) is 0 Å². The monoisotopic (exact) mass is 200 g/mol. The first kappa shape index (κ1) is 11.0. The molecule has 0 aliphatic heterocycles. The van der Waals surface area contributed by atoms with Gasteiger partial charge in [-0.2, -0.15) is 0 Å². The molecule has 0 radical (unpaired) electrons. The second-order valence-corrected chi connectivity index (χ2v) is 3.90. The van der Waals surface area contributed by atoms with Crippen LogP contribution < -0.4 is 5.73 Å². The molecule has 0 bridgehead atoms. The van der Waals surface area contributed by atoms with Crippen LogP contribution in [0.1, 0.15) is 25.8 Å². The van der Waals surface area contributed by atoms with Gasteiger partial charge in [-0.1, -0.05) is 13.8 Å². The molecule has 0 saturated carbocycles. The first-order valence-electron chi connectivity index (χ1n) is 4.48. The minimum absolute atomic E-state index is 0.0675. The molecular weight excluding hydrogens is 186 g/mol. The predicted octanol–water partition coefficient (Wildman–Crippen LogP) is 1.99. The summed E-state index contributed by atoms with van der Waals surface area (Å²) in [6.45, 7) is 3.93. The van der Waals surface area contributed by atoms with Crippen LogP contribution in [0.15, 0.2) is 12.4 Å². The van der Waals surface area contributed by atoms with Gasteiger partial charge in [0, 0.05) is 5.56 Å². The summed E-state index contributed by atoms with van der Waals surface area (Å²) in [7, 11) is 0. The van der Waals surface area contributed by atoms with Gasteiger partial charge in [-0.3, -0.25) is 4.98 Å². The van der Waals surface area contributed by atoms with Crippen LogP contribution in [0.25, 0.3) is 0 Å². The highest BCUT2D eigenvalue weighted by Gasteiger charge is 2.27. The fourth-order valence-electron chi connectivity index (χ4n) is 1.54. The summed E-state index contributed by atoms with van der Waals surface area (Å²) in [5.41, 5.74) is 4.87. The Labute approximate surface area is 82.1 Å². The molecule has 1 heterocycles. The van der Waals surface area contributed by atoms with E-state index in [0.717, 1.165) is 12.4 Å². The van der Waals surface area contributed by atoms with Gasteiger partial charge in [-0.25, -0.2) is 8.78 Å². The molecule has 78 valence electrons. The van der Waals surface area contributed by atoms with Crippen molar-refractivity contribution in [2.75, 3.05) is 6.54 Å². The molecule has 0 saturated heterocycles. The summed E-state index contributed by atoms with van der Waals surface area (Å²) < 4.78 is 26.7. The molecule has 0 aliphatic rings. The van der Waals surface area contributed by atoms with E-state index in [0.29, 0.717) is 13.0 Å². The van der Waals surface area contributed by atoms with Crippen LogP contribution in [0.3, 0.4) is 0 Å². The van der Waals surface area contributed by atoms with Crippen molar-refractivity contribution in [2.45, 2.75) is 25.7 Å². The zero-order valence-electron chi connectivity index (χ0n) is 8.35. The highest BCUT2D eigenvalue weighted by molar-refractivity contribution is 5.24. The van der Waals surface area contributed by atoms with E-state index in [2.05, 4.69) is 4.98 Å². The number of aromatic nitrogens is 1. The van der Waals surface area contributed by atoms with E-state index in [4.69, 9.17) is 5.73 Å². The topological polar surface area (TPSA) is 38.9 Å². The average molecular weight is 200 g/mol. The second kappa shape index (κ2) is 4.00. The van der Waals surface area contributed by atoms with Crippen molar-refractivity contribution in [1.29, 1.82) is 0 Å². The van der Waals surface area contributed by atoms with Crippen molar-refractivity contribution < 1.29 is 8.78 Å². The third-order valence-corrected chi connectivity index (χ3v) is 2.30. The van der Waals surface area contributed by atoms with E-state index >= 15 is 0 Å². The zero-order valence-corrected chi connectivity index (χ0v) is 8.35. The Kier molecular flexibility index (Phi) is 3.16. The van der Waals surface area contributed by atoms with Crippen LogP contribution >= 0.6 is 0 Å². The van der Waals surface area contributed by atoms with Crippen molar-refractivity contribution in [3.63, 3.8) is 0 Å². The molecule has 0 unspecified atom stereocenters. The molecular formula is C10H14F2N2. The van der Waals surface area contributed by atoms with Crippen LogP contribution in [0.2, 0.25) is 0 Å².